The fraction of sp³-hybridized carbons (Fsp3) is 0.529. The van der Waals surface area contributed by atoms with Crippen LogP contribution >= 0.6 is 0 Å². The van der Waals surface area contributed by atoms with Crippen molar-refractivity contribution in [3.05, 3.63) is 35.9 Å². The summed E-state index contributed by atoms with van der Waals surface area (Å²) in [6.45, 7) is 7.23. The monoisotopic (exact) mass is 275 g/mol. The summed E-state index contributed by atoms with van der Waals surface area (Å²) in [6, 6.07) is 4.57. The van der Waals surface area contributed by atoms with Crippen LogP contribution in [0.3, 0.4) is 0 Å². The first-order chi connectivity index (χ1) is 9.74. The summed E-state index contributed by atoms with van der Waals surface area (Å²) in [5.41, 5.74) is 2.68. The molecule has 2 rings (SSSR count). The Morgan fingerprint density at radius 2 is 2.05 bits per heavy atom. The minimum Gasteiger partial charge on any atom is -0.493 e. The van der Waals surface area contributed by atoms with E-state index in [1.807, 2.05) is 0 Å². The van der Waals surface area contributed by atoms with Crippen LogP contribution < -0.4 is 14.8 Å². The molecular weight excluding hydrogens is 250 g/mol. The van der Waals surface area contributed by atoms with Crippen molar-refractivity contribution in [3.63, 3.8) is 0 Å². The zero-order valence-corrected chi connectivity index (χ0v) is 12.7. The fourth-order valence-electron chi connectivity index (χ4n) is 3.05. The Labute approximate surface area is 122 Å². The quantitative estimate of drug-likeness (QED) is 0.806. The number of fused-ring (bicyclic) bond motifs is 1. The van der Waals surface area contributed by atoms with Crippen LogP contribution in [0.5, 0.6) is 11.5 Å². The molecule has 0 saturated carbocycles. The number of hydrogen-bond acceptors (Lipinski definition) is 3. The molecule has 0 aliphatic carbocycles. The zero-order valence-electron chi connectivity index (χ0n) is 12.7. The van der Waals surface area contributed by atoms with Crippen molar-refractivity contribution in [2.24, 2.45) is 5.92 Å². The molecule has 3 nitrogen and oxygen atoms in total. The highest BCUT2D eigenvalue weighted by Crippen LogP contribution is 2.38. The maximum absolute atomic E-state index is 5.45. The molecular formula is C17H25NO2. The second-order valence-electron chi connectivity index (χ2n) is 5.28. The predicted molar refractivity (Wildman–Crippen MR) is 82.6 cm³/mol. The van der Waals surface area contributed by atoms with Gasteiger partial charge in [-0.1, -0.05) is 19.4 Å². The maximum Gasteiger partial charge on any atom is 0.161 e. The highest BCUT2D eigenvalue weighted by Gasteiger charge is 2.27. The van der Waals surface area contributed by atoms with E-state index in [-0.39, 0.29) is 0 Å². The molecule has 0 bridgehead atoms. The number of ether oxygens (including phenoxy) is 2. The molecule has 0 amide bonds. The maximum atomic E-state index is 5.45. The standard InChI is InChI=1S/C17H25NO2/c1-5-7-12(6-2)17-14-11-16(20-4)15(19-3)10-13(14)8-9-18-17/h6,10-12,17-18H,2,5,7-9H2,1,3-4H3/t12-,17+/m0/s1. The van der Waals surface area contributed by atoms with E-state index in [1.165, 1.54) is 11.1 Å². The van der Waals surface area contributed by atoms with E-state index in [0.29, 0.717) is 12.0 Å². The molecule has 110 valence electrons. The van der Waals surface area contributed by atoms with Gasteiger partial charge < -0.3 is 14.8 Å². The normalized spacial score (nSPS) is 19.1. The summed E-state index contributed by atoms with van der Waals surface area (Å²) in [6.07, 6.45) is 5.42. The van der Waals surface area contributed by atoms with E-state index in [2.05, 4.69) is 37.0 Å². The van der Waals surface area contributed by atoms with Crippen LogP contribution in [0, 0.1) is 5.92 Å². The van der Waals surface area contributed by atoms with Crippen molar-refractivity contribution in [2.75, 3.05) is 20.8 Å². The van der Waals surface area contributed by atoms with Gasteiger partial charge in [-0.3, -0.25) is 0 Å². The third kappa shape index (κ3) is 2.83. The number of hydrogen-bond donors (Lipinski definition) is 1. The average molecular weight is 275 g/mol. The third-order valence-electron chi connectivity index (χ3n) is 4.09. The van der Waals surface area contributed by atoms with Crippen LogP contribution in [0.1, 0.15) is 36.9 Å². The van der Waals surface area contributed by atoms with Crippen LogP contribution in [0.15, 0.2) is 24.8 Å². The van der Waals surface area contributed by atoms with Gasteiger partial charge in [-0.15, -0.1) is 6.58 Å². The lowest BCUT2D eigenvalue weighted by Gasteiger charge is -2.32. The Morgan fingerprint density at radius 1 is 1.35 bits per heavy atom. The molecule has 0 unspecified atom stereocenters. The largest absolute Gasteiger partial charge is 0.493 e. The molecule has 0 spiro atoms. The van der Waals surface area contributed by atoms with Gasteiger partial charge in [0.05, 0.1) is 14.2 Å². The van der Waals surface area contributed by atoms with Crippen molar-refractivity contribution in [1.82, 2.24) is 5.32 Å². The van der Waals surface area contributed by atoms with E-state index >= 15 is 0 Å². The Bertz CT molecular complexity index is 470. The van der Waals surface area contributed by atoms with Crippen LogP contribution in [-0.2, 0) is 6.42 Å². The van der Waals surface area contributed by atoms with Gasteiger partial charge in [-0.05, 0) is 48.6 Å². The van der Waals surface area contributed by atoms with E-state index in [1.54, 1.807) is 14.2 Å². The highest BCUT2D eigenvalue weighted by atomic mass is 16.5. The first-order valence-corrected chi connectivity index (χ1v) is 7.35. The van der Waals surface area contributed by atoms with Gasteiger partial charge in [0.2, 0.25) is 0 Å². The Morgan fingerprint density at radius 3 is 2.65 bits per heavy atom. The minimum absolute atomic E-state index is 0.330. The molecule has 1 N–H and O–H groups in total. The summed E-state index contributed by atoms with van der Waals surface area (Å²) in [5.74, 6) is 2.08. The van der Waals surface area contributed by atoms with Gasteiger partial charge in [-0.2, -0.15) is 0 Å². The molecule has 2 atom stereocenters. The molecule has 1 aliphatic heterocycles. The summed E-state index contributed by atoms with van der Waals surface area (Å²) in [5, 5.41) is 3.63. The smallest absolute Gasteiger partial charge is 0.161 e. The topological polar surface area (TPSA) is 30.5 Å². The van der Waals surface area contributed by atoms with E-state index in [0.717, 1.165) is 37.3 Å². The molecule has 1 heterocycles. The van der Waals surface area contributed by atoms with Gasteiger partial charge in [0, 0.05) is 6.04 Å². The molecule has 3 heteroatoms. The molecule has 0 fully saturated rings. The molecule has 0 aromatic heterocycles. The van der Waals surface area contributed by atoms with Crippen molar-refractivity contribution in [3.8, 4) is 11.5 Å². The average Bonchev–Trinajstić information content (AvgIpc) is 2.50. The molecule has 1 aromatic carbocycles. The Balaban J connectivity index is 2.41. The van der Waals surface area contributed by atoms with Crippen LogP contribution in [0.2, 0.25) is 0 Å². The fourth-order valence-corrected chi connectivity index (χ4v) is 3.05. The second kappa shape index (κ2) is 6.80. The van der Waals surface area contributed by atoms with Gasteiger partial charge >= 0.3 is 0 Å². The van der Waals surface area contributed by atoms with E-state index in [9.17, 15) is 0 Å². The number of rotatable bonds is 6. The van der Waals surface area contributed by atoms with Gasteiger partial charge in [0.15, 0.2) is 11.5 Å². The molecule has 1 aliphatic rings. The predicted octanol–water partition coefficient (Wildman–Crippen LogP) is 3.49. The van der Waals surface area contributed by atoms with Crippen molar-refractivity contribution in [1.29, 1.82) is 0 Å². The van der Waals surface area contributed by atoms with Gasteiger partial charge in [0.1, 0.15) is 0 Å². The summed E-state index contributed by atoms with van der Waals surface area (Å²) in [7, 11) is 3.37. The van der Waals surface area contributed by atoms with Crippen LogP contribution in [0.4, 0.5) is 0 Å². The van der Waals surface area contributed by atoms with Crippen molar-refractivity contribution >= 4 is 0 Å². The second-order valence-corrected chi connectivity index (χ2v) is 5.28. The Hall–Kier alpha value is -1.48. The number of benzene rings is 1. The Kier molecular flexibility index (Phi) is 5.07. The van der Waals surface area contributed by atoms with Crippen molar-refractivity contribution < 1.29 is 9.47 Å². The van der Waals surface area contributed by atoms with Crippen LogP contribution in [-0.4, -0.2) is 20.8 Å². The summed E-state index contributed by atoms with van der Waals surface area (Å²) < 4.78 is 10.9. The lowest BCUT2D eigenvalue weighted by molar-refractivity contribution is 0.346. The lowest BCUT2D eigenvalue weighted by atomic mass is 9.84. The number of methoxy groups -OCH3 is 2. The molecule has 0 saturated heterocycles. The molecule has 20 heavy (non-hydrogen) atoms. The van der Waals surface area contributed by atoms with E-state index in [4.69, 9.17) is 9.47 Å². The van der Waals surface area contributed by atoms with Gasteiger partial charge in [0.25, 0.3) is 0 Å². The SMILES string of the molecule is C=C[C@@H](CCC)[C@H]1NCCc2cc(OC)c(OC)cc21. The zero-order chi connectivity index (χ0) is 14.5. The number of nitrogens with one attached hydrogen (secondary N) is 1. The van der Waals surface area contributed by atoms with Crippen LogP contribution in [0.25, 0.3) is 0 Å². The highest BCUT2D eigenvalue weighted by molar-refractivity contribution is 5.49. The summed E-state index contributed by atoms with van der Waals surface area (Å²) >= 11 is 0. The minimum atomic E-state index is 0.330. The summed E-state index contributed by atoms with van der Waals surface area (Å²) in [4.78, 5) is 0. The lowest BCUT2D eigenvalue weighted by Crippen LogP contribution is -2.34. The van der Waals surface area contributed by atoms with Gasteiger partial charge in [-0.25, -0.2) is 0 Å². The van der Waals surface area contributed by atoms with Crippen molar-refractivity contribution in [2.45, 2.75) is 32.2 Å². The third-order valence-corrected chi connectivity index (χ3v) is 4.09. The first-order valence-electron chi connectivity index (χ1n) is 7.35. The molecule has 1 aromatic rings. The first kappa shape index (κ1) is 14.9. The molecule has 0 radical (unpaired) electrons. The van der Waals surface area contributed by atoms with E-state index < -0.39 is 0 Å².